The van der Waals surface area contributed by atoms with Gasteiger partial charge in [-0.1, -0.05) is 18.2 Å². The van der Waals surface area contributed by atoms with Crippen molar-refractivity contribution in [3.8, 4) is 5.75 Å². The summed E-state index contributed by atoms with van der Waals surface area (Å²) < 4.78 is 32.7. The predicted molar refractivity (Wildman–Crippen MR) is 93.9 cm³/mol. The zero-order chi connectivity index (χ0) is 15.7. The molecule has 1 heterocycles. The molecule has 0 atom stereocenters. The van der Waals surface area contributed by atoms with Gasteiger partial charge in [-0.15, -0.1) is 12.4 Å². The van der Waals surface area contributed by atoms with Crippen LogP contribution in [-0.4, -0.2) is 22.1 Å². The maximum absolute atomic E-state index is 13.0. The van der Waals surface area contributed by atoms with Gasteiger partial charge in [-0.05, 0) is 42.7 Å². The molecular formula is C16H19ClN2O3S. The molecule has 1 aliphatic heterocycles. The summed E-state index contributed by atoms with van der Waals surface area (Å²) in [4.78, 5) is 0.174. The van der Waals surface area contributed by atoms with E-state index in [4.69, 9.17) is 10.5 Å². The van der Waals surface area contributed by atoms with Gasteiger partial charge in [0.2, 0.25) is 0 Å². The van der Waals surface area contributed by atoms with E-state index in [1.165, 1.54) is 11.4 Å². The quantitative estimate of drug-likeness (QED) is 0.860. The Bertz CT molecular complexity index is 809. The monoisotopic (exact) mass is 354 g/mol. The van der Waals surface area contributed by atoms with Gasteiger partial charge in [0.25, 0.3) is 10.0 Å². The summed E-state index contributed by atoms with van der Waals surface area (Å²) >= 11 is 0. The van der Waals surface area contributed by atoms with Gasteiger partial charge in [-0.2, -0.15) is 0 Å². The van der Waals surface area contributed by atoms with E-state index in [1.54, 1.807) is 42.5 Å². The maximum Gasteiger partial charge on any atom is 0.268 e. The summed E-state index contributed by atoms with van der Waals surface area (Å²) in [5, 5.41) is 0. The van der Waals surface area contributed by atoms with Crippen molar-refractivity contribution in [1.29, 1.82) is 0 Å². The van der Waals surface area contributed by atoms with E-state index in [2.05, 4.69) is 0 Å². The Balaban J connectivity index is 0.00000192. The molecule has 2 N–H and O–H groups in total. The Kier molecular flexibility index (Phi) is 5.06. The number of hydrogen-bond donors (Lipinski definition) is 1. The molecule has 0 aliphatic carbocycles. The number of nitrogen functional groups attached to an aromatic ring is 1. The lowest BCUT2D eigenvalue weighted by Crippen LogP contribution is -2.35. The van der Waals surface area contributed by atoms with E-state index in [-0.39, 0.29) is 17.3 Å². The van der Waals surface area contributed by atoms with Crippen LogP contribution in [0, 0.1) is 0 Å². The summed E-state index contributed by atoms with van der Waals surface area (Å²) in [7, 11) is -2.21. The van der Waals surface area contributed by atoms with E-state index in [0.717, 1.165) is 18.4 Å². The lowest BCUT2D eigenvalue weighted by Gasteiger charge is -2.31. The SMILES string of the molecule is COc1ccccc1S(=O)(=O)N1CCCc2c(N)cccc21.Cl. The standard InChI is InChI=1S/C16H18N2O3S.ClH/c1-21-15-9-2-3-10-16(15)22(19,20)18-11-5-6-12-13(17)7-4-8-14(12)18;/h2-4,7-10H,5-6,11,17H2,1H3;1H. The van der Waals surface area contributed by atoms with Crippen LogP contribution in [0.5, 0.6) is 5.75 Å². The molecule has 5 nitrogen and oxygen atoms in total. The number of fused-ring (bicyclic) bond motifs is 1. The molecule has 0 radical (unpaired) electrons. The number of nitrogens with zero attached hydrogens (tertiary/aromatic N) is 1. The van der Waals surface area contributed by atoms with Crippen molar-refractivity contribution < 1.29 is 13.2 Å². The summed E-state index contributed by atoms with van der Waals surface area (Å²) in [6.07, 6.45) is 1.54. The van der Waals surface area contributed by atoms with Gasteiger partial charge in [-0.3, -0.25) is 4.31 Å². The number of hydrogen-bond acceptors (Lipinski definition) is 4. The first-order valence-corrected chi connectivity index (χ1v) is 8.53. The van der Waals surface area contributed by atoms with Crippen molar-refractivity contribution in [2.45, 2.75) is 17.7 Å². The first-order valence-electron chi connectivity index (χ1n) is 7.09. The zero-order valence-electron chi connectivity index (χ0n) is 12.7. The number of anilines is 2. The molecular weight excluding hydrogens is 336 g/mol. The number of para-hydroxylation sites is 1. The van der Waals surface area contributed by atoms with Crippen LogP contribution in [-0.2, 0) is 16.4 Å². The highest BCUT2D eigenvalue weighted by molar-refractivity contribution is 7.93. The molecule has 0 bridgehead atoms. The van der Waals surface area contributed by atoms with Crippen LogP contribution in [0.15, 0.2) is 47.4 Å². The Hall–Kier alpha value is -1.92. The van der Waals surface area contributed by atoms with Crippen LogP contribution in [0.25, 0.3) is 0 Å². The van der Waals surface area contributed by atoms with Gasteiger partial charge in [-0.25, -0.2) is 8.42 Å². The number of methoxy groups -OCH3 is 1. The normalized spacial score (nSPS) is 13.9. The van der Waals surface area contributed by atoms with Crippen molar-refractivity contribution in [1.82, 2.24) is 0 Å². The van der Waals surface area contributed by atoms with Crippen molar-refractivity contribution in [2.75, 3.05) is 23.7 Å². The lowest BCUT2D eigenvalue weighted by molar-refractivity contribution is 0.402. The minimum absolute atomic E-state index is 0. The molecule has 0 spiro atoms. The largest absolute Gasteiger partial charge is 0.495 e. The third kappa shape index (κ3) is 2.96. The van der Waals surface area contributed by atoms with E-state index < -0.39 is 10.0 Å². The van der Waals surface area contributed by atoms with Crippen molar-refractivity contribution in [3.05, 3.63) is 48.0 Å². The number of rotatable bonds is 3. The molecule has 0 unspecified atom stereocenters. The molecule has 23 heavy (non-hydrogen) atoms. The molecule has 1 aliphatic rings. The van der Waals surface area contributed by atoms with Crippen LogP contribution in [0.2, 0.25) is 0 Å². The molecule has 7 heteroatoms. The topological polar surface area (TPSA) is 72.6 Å². The van der Waals surface area contributed by atoms with Gasteiger partial charge >= 0.3 is 0 Å². The van der Waals surface area contributed by atoms with Crippen LogP contribution >= 0.6 is 12.4 Å². The van der Waals surface area contributed by atoms with E-state index >= 15 is 0 Å². The highest BCUT2D eigenvalue weighted by Gasteiger charge is 2.31. The van der Waals surface area contributed by atoms with Crippen LogP contribution in [0.3, 0.4) is 0 Å². The second-order valence-electron chi connectivity index (χ2n) is 5.18. The van der Waals surface area contributed by atoms with Crippen molar-refractivity contribution in [2.24, 2.45) is 0 Å². The van der Waals surface area contributed by atoms with Crippen LogP contribution in [0.1, 0.15) is 12.0 Å². The predicted octanol–water partition coefficient (Wildman–Crippen LogP) is 2.84. The Labute approximate surface area is 142 Å². The van der Waals surface area contributed by atoms with E-state index in [1.807, 2.05) is 0 Å². The molecule has 0 saturated heterocycles. The molecule has 0 aromatic heterocycles. The second-order valence-corrected chi connectivity index (χ2v) is 7.01. The number of nitrogens with two attached hydrogens (primary N) is 1. The minimum atomic E-state index is -3.68. The van der Waals surface area contributed by atoms with Gasteiger partial charge in [0, 0.05) is 12.2 Å². The molecule has 3 rings (SSSR count). The summed E-state index contributed by atoms with van der Waals surface area (Å²) in [5.74, 6) is 0.346. The molecule has 0 saturated carbocycles. The van der Waals surface area contributed by atoms with Crippen LogP contribution < -0.4 is 14.8 Å². The average Bonchev–Trinajstić information content (AvgIpc) is 2.54. The third-order valence-corrected chi connectivity index (χ3v) is 5.73. The Morgan fingerprint density at radius 2 is 1.87 bits per heavy atom. The van der Waals surface area contributed by atoms with Gasteiger partial charge < -0.3 is 10.5 Å². The third-order valence-electron chi connectivity index (χ3n) is 3.88. The highest BCUT2D eigenvalue weighted by atomic mass is 35.5. The first kappa shape index (κ1) is 17.4. The lowest BCUT2D eigenvalue weighted by atomic mass is 10.0. The first-order chi connectivity index (χ1) is 10.6. The minimum Gasteiger partial charge on any atom is -0.495 e. The summed E-state index contributed by atoms with van der Waals surface area (Å²) in [6, 6.07) is 12.0. The van der Waals surface area contributed by atoms with Crippen LogP contribution in [0.4, 0.5) is 11.4 Å². The molecule has 0 amide bonds. The molecule has 0 fully saturated rings. The van der Waals surface area contributed by atoms with Crippen molar-refractivity contribution >= 4 is 33.8 Å². The highest BCUT2D eigenvalue weighted by Crippen LogP contribution is 2.36. The molecule has 124 valence electrons. The van der Waals surface area contributed by atoms with E-state index in [0.29, 0.717) is 23.7 Å². The number of halogens is 1. The Morgan fingerprint density at radius 1 is 1.13 bits per heavy atom. The van der Waals surface area contributed by atoms with Gasteiger partial charge in [0.05, 0.1) is 12.8 Å². The maximum atomic E-state index is 13.0. The fourth-order valence-electron chi connectivity index (χ4n) is 2.82. The smallest absolute Gasteiger partial charge is 0.268 e. The molecule has 2 aromatic carbocycles. The fraction of sp³-hybridized carbons (Fsp3) is 0.250. The second kappa shape index (κ2) is 6.68. The zero-order valence-corrected chi connectivity index (χ0v) is 14.4. The number of sulfonamides is 1. The Morgan fingerprint density at radius 3 is 2.61 bits per heavy atom. The van der Waals surface area contributed by atoms with Crippen molar-refractivity contribution in [3.63, 3.8) is 0 Å². The van der Waals surface area contributed by atoms with Gasteiger partial charge in [0.15, 0.2) is 0 Å². The van der Waals surface area contributed by atoms with Gasteiger partial charge in [0.1, 0.15) is 10.6 Å². The number of benzene rings is 2. The summed E-state index contributed by atoms with van der Waals surface area (Å²) in [6.45, 7) is 0.441. The average molecular weight is 355 g/mol. The fourth-order valence-corrected chi connectivity index (χ4v) is 4.51. The van der Waals surface area contributed by atoms with E-state index in [9.17, 15) is 8.42 Å². The molecule has 2 aromatic rings. The number of ether oxygens (including phenoxy) is 1. The summed E-state index contributed by atoms with van der Waals surface area (Å²) in [5.41, 5.74) is 8.19.